The number of benzene rings is 2. The van der Waals surface area contributed by atoms with E-state index in [9.17, 15) is 19.5 Å². The monoisotopic (exact) mass is 422 g/mol. The molecule has 1 aliphatic heterocycles. The third-order valence-corrected chi connectivity index (χ3v) is 6.57. The molecule has 1 amide bonds. The Hall–Kier alpha value is -3.19. The first kappa shape index (κ1) is 21.1. The second-order valence-corrected chi connectivity index (χ2v) is 8.28. The largest absolute Gasteiger partial charge is 0.484 e. The lowest BCUT2D eigenvalue weighted by Gasteiger charge is -2.48. The SMILES string of the molecule is NC(CC=O)(C(=O)O)C1c2ccccc2N(C(=O)COc2ccccc2)C2CCCC21. The minimum Gasteiger partial charge on any atom is -0.484 e. The van der Waals surface area contributed by atoms with Crippen LogP contribution in [0.4, 0.5) is 5.69 Å². The van der Waals surface area contributed by atoms with Crippen LogP contribution in [0.25, 0.3) is 0 Å². The number of carboxylic acids is 1. The Bertz CT molecular complexity index is 979. The van der Waals surface area contributed by atoms with Crippen molar-refractivity contribution < 1.29 is 24.2 Å². The molecule has 4 unspecified atom stereocenters. The first-order chi connectivity index (χ1) is 15.0. The van der Waals surface area contributed by atoms with Gasteiger partial charge in [0.05, 0.1) is 0 Å². The molecule has 1 fully saturated rings. The number of nitrogens with zero attached hydrogens (tertiary/aromatic N) is 1. The highest BCUT2D eigenvalue weighted by Crippen LogP contribution is 2.52. The molecular weight excluding hydrogens is 396 g/mol. The van der Waals surface area contributed by atoms with Gasteiger partial charge in [-0.2, -0.15) is 0 Å². The molecule has 2 aromatic rings. The number of para-hydroxylation sites is 2. The van der Waals surface area contributed by atoms with Crippen LogP contribution in [-0.2, 0) is 14.4 Å². The molecule has 0 radical (unpaired) electrons. The molecule has 4 rings (SSSR count). The lowest BCUT2D eigenvalue weighted by Crippen LogP contribution is -2.60. The van der Waals surface area contributed by atoms with Crippen LogP contribution in [0.3, 0.4) is 0 Å². The van der Waals surface area contributed by atoms with Crippen molar-refractivity contribution in [2.24, 2.45) is 11.7 Å². The van der Waals surface area contributed by atoms with Gasteiger partial charge >= 0.3 is 5.97 Å². The topological polar surface area (TPSA) is 110 Å². The van der Waals surface area contributed by atoms with Crippen LogP contribution < -0.4 is 15.4 Å². The number of ether oxygens (including phenoxy) is 1. The molecule has 1 heterocycles. The second kappa shape index (κ2) is 8.51. The molecule has 0 saturated heterocycles. The van der Waals surface area contributed by atoms with Gasteiger partial charge in [0.2, 0.25) is 0 Å². The Kier molecular flexibility index (Phi) is 5.78. The van der Waals surface area contributed by atoms with Gasteiger partial charge in [-0.05, 0) is 42.5 Å². The first-order valence-electron chi connectivity index (χ1n) is 10.5. The Morgan fingerprint density at radius 2 is 1.84 bits per heavy atom. The standard InChI is InChI=1S/C24H26N2O5/c25-24(13-14-27,23(29)30)22-17-9-4-5-11-19(17)26(20-12-6-10-18(20)22)21(28)15-31-16-7-2-1-3-8-16/h1-5,7-9,11,14,18,20,22H,6,10,12-13,15,25H2,(H,29,30). The number of rotatable bonds is 7. The van der Waals surface area contributed by atoms with E-state index in [0.717, 1.165) is 19.3 Å². The quantitative estimate of drug-likeness (QED) is 0.664. The Balaban J connectivity index is 1.72. The Morgan fingerprint density at radius 1 is 1.13 bits per heavy atom. The molecule has 7 heteroatoms. The van der Waals surface area contributed by atoms with Gasteiger partial charge in [0, 0.05) is 24.1 Å². The minimum atomic E-state index is -1.72. The highest BCUT2D eigenvalue weighted by Gasteiger charge is 2.55. The van der Waals surface area contributed by atoms with Crippen LogP contribution in [0.5, 0.6) is 5.75 Å². The fourth-order valence-corrected chi connectivity index (χ4v) is 5.25. The number of amides is 1. The van der Waals surface area contributed by atoms with Gasteiger partial charge in [-0.3, -0.25) is 9.59 Å². The summed E-state index contributed by atoms with van der Waals surface area (Å²) in [4.78, 5) is 38.6. The van der Waals surface area contributed by atoms with Gasteiger partial charge < -0.3 is 25.3 Å². The van der Waals surface area contributed by atoms with Crippen molar-refractivity contribution in [2.75, 3.05) is 11.5 Å². The summed E-state index contributed by atoms with van der Waals surface area (Å²) in [6, 6.07) is 16.2. The van der Waals surface area contributed by atoms with Crippen LogP contribution in [0, 0.1) is 5.92 Å². The molecule has 2 aromatic carbocycles. The number of carbonyl (C=O) groups excluding carboxylic acids is 2. The maximum Gasteiger partial charge on any atom is 0.324 e. The molecule has 7 nitrogen and oxygen atoms in total. The third-order valence-electron chi connectivity index (χ3n) is 6.57. The summed E-state index contributed by atoms with van der Waals surface area (Å²) in [5.41, 5.74) is 6.02. The van der Waals surface area contributed by atoms with E-state index in [0.29, 0.717) is 23.3 Å². The smallest absolute Gasteiger partial charge is 0.324 e. The van der Waals surface area contributed by atoms with Crippen LogP contribution in [0.2, 0.25) is 0 Å². The first-order valence-corrected chi connectivity index (χ1v) is 10.5. The van der Waals surface area contributed by atoms with E-state index in [1.165, 1.54) is 0 Å². The maximum atomic E-state index is 13.3. The maximum absolute atomic E-state index is 13.3. The average molecular weight is 422 g/mol. The lowest BCUT2D eigenvalue weighted by molar-refractivity contribution is -0.146. The van der Waals surface area contributed by atoms with E-state index < -0.39 is 17.4 Å². The number of nitrogens with two attached hydrogens (primary N) is 1. The normalized spacial score (nSPS) is 23.9. The average Bonchev–Trinajstić information content (AvgIpc) is 3.25. The summed E-state index contributed by atoms with van der Waals surface area (Å²) in [7, 11) is 0. The van der Waals surface area contributed by atoms with Crippen molar-refractivity contribution in [3.05, 3.63) is 60.2 Å². The summed E-state index contributed by atoms with van der Waals surface area (Å²) in [6.07, 6.45) is 2.66. The van der Waals surface area contributed by atoms with Crippen molar-refractivity contribution in [3.63, 3.8) is 0 Å². The van der Waals surface area contributed by atoms with Crippen LogP contribution in [0.1, 0.15) is 37.2 Å². The number of hydrogen-bond donors (Lipinski definition) is 2. The van der Waals surface area contributed by atoms with Crippen LogP contribution in [0.15, 0.2) is 54.6 Å². The molecule has 0 aromatic heterocycles. The Morgan fingerprint density at radius 3 is 2.55 bits per heavy atom. The van der Waals surface area contributed by atoms with Gasteiger partial charge in [-0.25, -0.2) is 0 Å². The third kappa shape index (κ3) is 3.70. The van der Waals surface area contributed by atoms with Crippen molar-refractivity contribution >= 4 is 23.9 Å². The van der Waals surface area contributed by atoms with Gasteiger partial charge in [-0.1, -0.05) is 42.8 Å². The number of aldehydes is 1. The minimum absolute atomic E-state index is 0.118. The summed E-state index contributed by atoms with van der Waals surface area (Å²) in [5.74, 6) is -1.47. The predicted octanol–water partition coefficient (Wildman–Crippen LogP) is 2.74. The molecule has 2 aliphatic rings. The zero-order chi connectivity index (χ0) is 22.0. The van der Waals surface area contributed by atoms with E-state index in [1.807, 2.05) is 42.5 Å². The summed E-state index contributed by atoms with van der Waals surface area (Å²) in [5, 5.41) is 9.96. The molecule has 0 bridgehead atoms. The van der Waals surface area contributed by atoms with Gasteiger partial charge in [0.25, 0.3) is 5.91 Å². The molecule has 3 N–H and O–H groups in total. The number of carbonyl (C=O) groups is 3. The van der Waals surface area contributed by atoms with Crippen molar-refractivity contribution in [2.45, 2.75) is 43.2 Å². The number of fused-ring (bicyclic) bond motifs is 2. The summed E-state index contributed by atoms with van der Waals surface area (Å²) in [6.45, 7) is -0.118. The highest BCUT2D eigenvalue weighted by atomic mass is 16.5. The number of anilines is 1. The summed E-state index contributed by atoms with van der Waals surface area (Å²) < 4.78 is 5.70. The van der Waals surface area contributed by atoms with Crippen LogP contribution >= 0.6 is 0 Å². The van der Waals surface area contributed by atoms with Crippen molar-refractivity contribution in [1.82, 2.24) is 0 Å². The zero-order valence-corrected chi connectivity index (χ0v) is 17.1. The van der Waals surface area contributed by atoms with Crippen molar-refractivity contribution in [1.29, 1.82) is 0 Å². The van der Waals surface area contributed by atoms with E-state index >= 15 is 0 Å². The van der Waals surface area contributed by atoms with E-state index in [4.69, 9.17) is 10.5 Å². The van der Waals surface area contributed by atoms with E-state index in [-0.39, 0.29) is 30.9 Å². The number of carboxylic acid groups (broad SMARTS) is 1. The van der Waals surface area contributed by atoms with Crippen LogP contribution in [-0.4, -0.2) is 41.5 Å². The highest BCUT2D eigenvalue weighted by molar-refractivity contribution is 5.97. The zero-order valence-electron chi connectivity index (χ0n) is 17.1. The van der Waals surface area contributed by atoms with Gasteiger partial charge in [-0.15, -0.1) is 0 Å². The molecule has 162 valence electrons. The molecular formula is C24H26N2O5. The van der Waals surface area contributed by atoms with E-state index in [2.05, 4.69) is 0 Å². The number of aliphatic carboxylic acids is 1. The van der Waals surface area contributed by atoms with E-state index in [1.54, 1.807) is 17.0 Å². The molecule has 0 spiro atoms. The van der Waals surface area contributed by atoms with Crippen molar-refractivity contribution in [3.8, 4) is 5.75 Å². The molecule has 4 atom stereocenters. The van der Waals surface area contributed by atoms with Gasteiger partial charge in [0.15, 0.2) is 6.61 Å². The number of hydrogen-bond acceptors (Lipinski definition) is 5. The van der Waals surface area contributed by atoms with Gasteiger partial charge in [0.1, 0.15) is 17.6 Å². The lowest BCUT2D eigenvalue weighted by atomic mass is 9.66. The molecule has 1 saturated carbocycles. The second-order valence-electron chi connectivity index (χ2n) is 8.28. The fourth-order valence-electron chi connectivity index (χ4n) is 5.25. The molecule has 1 aliphatic carbocycles. The predicted molar refractivity (Wildman–Crippen MR) is 115 cm³/mol. The fraction of sp³-hybridized carbons (Fsp3) is 0.375. The summed E-state index contributed by atoms with van der Waals surface area (Å²) >= 11 is 0. The Labute approximate surface area is 180 Å². The molecule has 31 heavy (non-hydrogen) atoms.